The molecular formula is C15H26N2O2. The summed E-state index contributed by atoms with van der Waals surface area (Å²) in [6, 6.07) is 0. The number of rotatable bonds is 4. The third-order valence-corrected chi connectivity index (χ3v) is 4.90. The number of hydrogen-bond acceptors (Lipinski definition) is 2. The van der Waals surface area contributed by atoms with Crippen LogP contribution in [0, 0.1) is 11.8 Å². The first-order valence-electron chi connectivity index (χ1n) is 7.61. The molecule has 19 heavy (non-hydrogen) atoms. The first-order valence-corrected chi connectivity index (χ1v) is 7.61. The molecular weight excluding hydrogens is 240 g/mol. The number of amides is 2. The van der Waals surface area contributed by atoms with Gasteiger partial charge in [0.1, 0.15) is 5.54 Å². The van der Waals surface area contributed by atoms with E-state index in [1.54, 1.807) is 4.90 Å². The Morgan fingerprint density at radius 2 is 1.95 bits per heavy atom. The minimum Gasteiger partial charge on any atom is -0.340 e. The van der Waals surface area contributed by atoms with Crippen molar-refractivity contribution >= 4 is 11.8 Å². The van der Waals surface area contributed by atoms with Gasteiger partial charge in [-0.15, -0.1) is 0 Å². The predicted molar refractivity (Wildman–Crippen MR) is 74.5 cm³/mol. The van der Waals surface area contributed by atoms with Gasteiger partial charge < -0.3 is 10.2 Å². The predicted octanol–water partition coefficient (Wildman–Crippen LogP) is 1.94. The third-order valence-electron chi connectivity index (χ3n) is 4.90. The van der Waals surface area contributed by atoms with Crippen LogP contribution in [0.1, 0.15) is 52.9 Å². The fourth-order valence-corrected chi connectivity index (χ4v) is 3.59. The van der Waals surface area contributed by atoms with Crippen LogP contribution in [0.4, 0.5) is 0 Å². The summed E-state index contributed by atoms with van der Waals surface area (Å²) >= 11 is 0. The normalized spacial score (nSPS) is 30.6. The Morgan fingerprint density at radius 1 is 1.26 bits per heavy atom. The van der Waals surface area contributed by atoms with Crippen LogP contribution in [0.2, 0.25) is 0 Å². The van der Waals surface area contributed by atoms with E-state index in [2.05, 4.69) is 12.2 Å². The molecule has 1 heterocycles. The molecule has 1 saturated carbocycles. The number of carbonyl (C=O) groups is 2. The summed E-state index contributed by atoms with van der Waals surface area (Å²) in [6.45, 7) is 7.22. The van der Waals surface area contributed by atoms with Crippen molar-refractivity contribution in [3.63, 3.8) is 0 Å². The molecule has 0 radical (unpaired) electrons. The van der Waals surface area contributed by atoms with Crippen LogP contribution in [0.15, 0.2) is 0 Å². The van der Waals surface area contributed by atoms with Crippen molar-refractivity contribution in [2.24, 2.45) is 11.8 Å². The molecule has 108 valence electrons. The maximum absolute atomic E-state index is 12.6. The molecule has 1 N–H and O–H groups in total. The first-order chi connectivity index (χ1) is 9.00. The van der Waals surface area contributed by atoms with Crippen LogP contribution in [-0.4, -0.2) is 35.3 Å². The second kappa shape index (κ2) is 5.51. The van der Waals surface area contributed by atoms with E-state index in [1.165, 1.54) is 19.3 Å². The van der Waals surface area contributed by atoms with Crippen molar-refractivity contribution in [1.82, 2.24) is 10.2 Å². The minimum absolute atomic E-state index is 0.00524. The van der Waals surface area contributed by atoms with Gasteiger partial charge in [0.2, 0.25) is 11.8 Å². The number of nitrogens with zero attached hydrogens (tertiary/aromatic N) is 1. The Balaban J connectivity index is 2.07. The Kier molecular flexibility index (Phi) is 4.16. The highest BCUT2D eigenvalue weighted by molar-refractivity contribution is 5.97. The van der Waals surface area contributed by atoms with Gasteiger partial charge in [-0.25, -0.2) is 0 Å². The van der Waals surface area contributed by atoms with Crippen LogP contribution in [0.3, 0.4) is 0 Å². The van der Waals surface area contributed by atoms with Crippen molar-refractivity contribution in [2.45, 2.75) is 58.4 Å². The molecule has 1 aliphatic heterocycles. The molecule has 0 bridgehead atoms. The molecule has 4 nitrogen and oxygen atoms in total. The second-order valence-corrected chi connectivity index (χ2v) is 6.31. The number of nitrogens with one attached hydrogen (secondary N) is 1. The quantitative estimate of drug-likeness (QED) is 0.845. The molecule has 2 atom stereocenters. The van der Waals surface area contributed by atoms with E-state index in [1.807, 2.05) is 13.8 Å². The lowest BCUT2D eigenvalue weighted by Gasteiger charge is -2.42. The molecule has 0 aromatic rings. The van der Waals surface area contributed by atoms with Crippen LogP contribution < -0.4 is 5.32 Å². The molecule has 1 saturated heterocycles. The highest BCUT2D eigenvalue weighted by Gasteiger charge is 2.44. The number of hydrogen-bond donors (Lipinski definition) is 1. The maximum Gasteiger partial charge on any atom is 0.248 e. The smallest absolute Gasteiger partial charge is 0.248 e. The number of piperazine rings is 1. The van der Waals surface area contributed by atoms with Crippen molar-refractivity contribution in [1.29, 1.82) is 0 Å². The zero-order valence-electron chi connectivity index (χ0n) is 12.4. The second-order valence-electron chi connectivity index (χ2n) is 6.31. The SMILES string of the molecule is CCC1(CC)NC(=O)CN(CC2CCC(C)C2)C1=O. The van der Waals surface area contributed by atoms with Gasteiger partial charge in [0, 0.05) is 6.54 Å². The van der Waals surface area contributed by atoms with E-state index >= 15 is 0 Å². The Morgan fingerprint density at radius 3 is 2.47 bits per heavy atom. The molecule has 2 amide bonds. The van der Waals surface area contributed by atoms with Gasteiger partial charge in [0.05, 0.1) is 6.54 Å². The lowest BCUT2D eigenvalue weighted by molar-refractivity contribution is -0.151. The van der Waals surface area contributed by atoms with Gasteiger partial charge in [0.15, 0.2) is 0 Å². The Labute approximate surface area is 115 Å². The molecule has 2 aliphatic rings. The molecule has 0 spiro atoms. The highest BCUT2D eigenvalue weighted by atomic mass is 16.2. The zero-order valence-corrected chi connectivity index (χ0v) is 12.4. The first kappa shape index (κ1) is 14.4. The summed E-state index contributed by atoms with van der Waals surface area (Å²) in [5.41, 5.74) is -0.653. The fourth-order valence-electron chi connectivity index (χ4n) is 3.59. The van der Waals surface area contributed by atoms with E-state index in [0.717, 1.165) is 12.5 Å². The summed E-state index contributed by atoms with van der Waals surface area (Å²) in [7, 11) is 0. The van der Waals surface area contributed by atoms with Gasteiger partial charge in [-0.1, -0.05) is 27.2 Å². The van der Waals surface area contributed by atoms with E-state index in [4.69, 9.17) is 0 Å². The lowest BCUT2D eigenvalue weighted by Crippen LogP contribution is -2.66. The van der Waals surface area contributed by atoms with Crippen molar-refractivity contribution in [2.75, 3.05) is 13.1 Å². The molecule has 0 aromatic carbocycles. The maximum atomic E-state index is 12.6. The third kappa shape index (κ3) is 2.77. The highest BCUT2D eigenvalue weighted by Crippen LogP contribution is 2.32. The van der Waals surface area contributed by atoms with Gasteiger partial charge in [-0.2, -0.15) is 0 Å². The monoisotopic (exact) mass is 266 g/mol. The van der Waals surface area contributed by atoms with Gasteiger partial charge >= 0.3 is 0 Å². The molecule has 1 aliphatic carbocycles. The summed E-state index contributed by atoms with van der Waals surface area (Å²) in [5.74, 6) is 1.46. The fraction of sp³-hybridized carbons (Fsp3) is 0.867. The van der Waals surface area contributed by atoms with Crippen molar-refractivity contribution < 1.29 is 9.59 Å². The standard InChI is InChI=1S/C15H26N2O2/c1-4-15(5-2)14(19)17(10-13(18)16-15)9-12-7-6-11(3)8-12/h11-12H,4-10H2,1-3H3,(H,16,18). The van der Waals surface area contributed by atoms with Gasteiger partial charge in [-0.05, 0) is 37.5 Å². The zero-order chi connectivity index (χ0) is 14.0. The largest absolute Gasteiger partial charge is 0.340 e. The van der Waals surface area contributed by atoms with Crippen molar-refractivity contribution in [3.8, 4) is 0 Å². The van der Waals surface area contributed by atoms with Crippen molar-refractivity contribution in [3.05, 3.63) is 0 Å². The molecule has 2 unspecified atom stereocenters. The summed E-state index contributed by atoms with van der Waals surface area (Å²) in [5, 5.41) is 2.91. The molecule has 2 rings (SSSR count). The Hall–Kier alpha value is -1.06. The van der Waals surface area contributed by atoms with Gasteiger partial charge in [-0.3, -0.25) is 9.59 Å². The minimum atomic E-state index is -0.653. The topological polar surface area (TPSA) is 49.4 Å². The van der Waals surface area contributed by atoms with E-state index in [-0.39, 0.29) is 18.4 Å². The van der Waals surface area contributed by atoms with E-state index in [0.29, 0.717) is 18.8 Å². The van der Waals surface area contributed by atoms with E-state index in [9.17, 15) is 9.59 Å². The van der Waals surface area contributed by atoms with Crippen LogP contribution in [-0.2, 0) is 9.59 Å². The lowest BCUT2D eigenvalue weighted by atomic mass is 9.88. The number of carbonyl (C=O) groups excluding carboxylic acids is 2. The van der Waals surface area contributed by atoms with Gasteiger partial charge in [0.25, 0.3) is 0 Å². The molecule has 4 heteroatoms. The average molecular weight is 266 g/mol. The Bertz CT molecular complexity index is 363. The van der Waals surface area contributed by atoms with E-state index < -0.39 is 5.54 Å². The summed E-state index contributed by atoms with van der Waals surface area (Å²) in [4.78, 5) is 26.3. The average Bonchev–Trinajstić information content (AvgIpc) is 2.79. The molecule has 2 fully saturated rings. The van der Waals surface area contributed by atoms with Crippen LogP contribution in [0.25, 0.3) is 0 Å². The summed E-state index contributed by atoms with van der Waals surface area (Å²) < 4.78 is 0. The van der Waals surface area contributed by atoms with Crippen LogP contribution in [0.5, 0.6) is 0 Å². The van der Waals surface area contributed by atoms with Crippen LogP contribution >= 0.6 is 0 Å². The summed E-state index contributed by atoms with van der Waals surface area (Å²) in [6.07, 6.45) is 4.98. The molecule has 0 aromatic heterocycles.